The topological polar surface area (TPSA) is 96.1 Å². The van der Waals surface area contributed by atoms with Crippen LogP contribution in [0.2, 0.25) is 0 Å². The molecule has 1 fully saturated rings. The van der Waals surface area contributed by atoms with Crippen LogP contribution in [-0.4, -0.2) is 27.7 Å². The molecule has 0 saturated heterocycles. The predicted molar refractivity (Wildman–Crippen MR) is 75.7 cm³/mol. The molecular weight excluding hydrogens is 242 g/mol. The van der Waals surface area contributed by atoms with Crippen molar-refractivity contribution < 1.29 is 5.11 Å². The second-order valence-corrected chi connectivity index (χ2v) is 5.10. The van der Waals surface area contributed by atoms with Crippen LogP contribution in [0.4, 0.5) is 11.6 Å². The lowest BCUT2D eigenvalue weighted by atomic mass is 9.87. The lowest BCUT2D eigenvalue weighted by Crippen LogP contribution is -2.24. The van der Waals surface area contributed by atoms with Crippen LogP contribution in [0.25, 0.3) is 0 Å². The van der Waals surface area contributed by atoms with Gasteiger partial charge < -0.3 is 15.8 Å². The van der Waals surface area contributed by atoms with Crippen LogP contribution in [0.3, 0.4) is 0 Å². The Labute approximate surface area is 113 Å². The Balaban J connectivity index is 1.95. The van der Waals surface area contributed by atoms with Crippen LogP contribution < -0.4 is 16.6 Å². The lowest BCUT2D eigenvalue weighted by molar-refractivity contribution is 0.111. The van der Waals surface area contributed by atoms with Gasteiger partial charge in [0.15, 0.2) is 0 Å². The molecule has 6 nitrogen and oxygen atoms in total. The van der Waals surface area contributed by atoms with Gasteiger partial charge in [0.1, 0.15) is 18.0 Å². The standard InChI is InChI=1S/C13H23N5O/c1-2-11-12(16-8-17-13(11)18-14)15-7-9-3-5-10(19)6-4-9/h8-10,19H,2-7,14H2,1H3,(H2,15,16,17,18). The molecule has 1 aromatic rings. The summed E-state index contributed by atoms with van der Waals surface area (Å²) in [5, 5.41) is 12.9. The fraction of sp³-hybridized carbons (Fsp3) is 0.692. The summed E-state index contributed by atoms with van der Waals surface area (Å²) in [5.41, 5.74) is 3.62. The normalized spacial score (nSPS) is 23.1. The summed E-state index contributed by atoms with van der Waals surface area (Å²) >= 11 is 0. The van der Waals surface area contributed by atoms with E-state index in [9.17, 15) is 5.11 Å². The zero-order valence-electron chi connectivity index (χ0n) is 11.4. The summed E-state index contributed by atoms with van der Waals surface area (Å²) in [4.78, 5) is 8.40. The van der Waals surface area contributed by atoms with Crippen LogP contribution in [-0.2, 0) is 6.42 Å². The minimum absolute atomic E-state index is 0.102. The van der Waals surface area contributed by atoms with Gasteiger partial charge in [-0.1, -0.05) is 6.92 Å². The molecule has 1 saturated carbocycles. The molecule has 0 unspecified atom stereocenters. The fourth-order valence-electron chi connectivity index (χ4n) is 2.61. The maximum Gasteiger partial charge on any atom is 0.148 e. The smallest absolute Gasteiger partial charge is 0.148 e. The Hall–Kier alpha value is -1.40. The summed E-state index contributed by atoms with van der Waals surface area (Å²) in [6, 6.07) is 0. The van der Waals surface area contributed by atoms with Gasteiger partial charge in [-0.3, -0.25) is 0 Å². The number of nitrogens with zero attached hydrogens (tertiary/aromatic N) is 2. The van der Waals surface area contributed by atoms with E-state index < -0.39 is 0 Å². The first-order valence-corrected chi connectivity index (χ1v) is 6.97. The van der Waals surface area contributed by atoms with E-state index in [1.165, 1.54) is 6.33 Å². The zero-order chi connectivity index (χ0) is 13.7. The average molecular weight is 265 g/mol. The number of aliphatic hydroxyl groups excluding tert-OH is 1. The summed E-state index contributed by atoms with van der Waals surface area (Å²) in [5.74, 6) is 7.60. The molecule has 0 radical (unpaired) electrons. The molecule has 1 aliphatic carbocycles. The molecule has 1 aromatic heterocycles. The summed E-state index contributed by atoms with van der Waals surface area (Å²) in [7, 11) is 0. The predicted octanol–water partition coefficient (Wildman–Crippen LogP) is 1.29. The van der Waals surface area contributed by atoms with Crippen LogP contribution in [0, 0.1) is 5.92 Å². The first-order chi connectivity index (χ1) is 9.24. The number of nitrogens with two attached hydrogens (primary N) is 1. The van der Waals surface area contributed by atoms with Crippen molar-refractivity contribution in [1.82, 2.24) is 9.97 Å². The van der Waals surface area contributed by atoms with Crippen LogP contribution >= 0.6 is 0 Å². The van der Waals surface area contributed by atoms with Gasteiger partial charge in [0.25, 0.3) is 0 Å². The van der Waals surface area contributed by atoms with Crippen molar-refractivity contribution in [3.05, 3.63) is 11.9 Å². The highest BCUT2D eigenvalue weighted by molar-refractivity contribution is 5.56. The molecule has 6 heteroatoms. The zero-order valence-corrected chi connectivity index (χ0v) is 11.4. The van der Waals surface area contributed by atoms with Gasteiger partial charge in [0.2, 0.25) is 0 Å². The van der Waals surface area contributed by atoms with Crippen molar-refractivity contribution in [2.45, 2.75) is 45.1 Å². The van der Waals surface area contributed by atoms with Gasteiger partial charge in [-0.05, 0) is 38.0 Å². The first-order valence-electron chi connectivity index (χ1n) is 6.97. The Morgan fingerprint density at radius 3 is 2.58 bits per heavy atom. The second kappa shape index (κ2) is 6.68. The van der Waals surface area contributed by atoms with E-state index in [1.807, 2.05) is 0 Å². The number of nitrogen functional groups attached to an aromatic ring is 1. The van der Waals surface area contributed by atoms with E-state index in [0.29, 0.717) is 11.7 Å². The molecule has 2 rings (SSSR count). The fourth-order valence-corrected chi connectivity index (χ4v) is 2.61. The number of aromatic nitrogens is 2. The summed E-state index contributed by atoms with van der Waals surface area (Å²) in [6.45, 7) is 2.95. The van der Waals surface area contributed by atoms with Crippen molar-refractivity contribution in [3.63, 3.8) is 0 Å². The van der Waals surface area contributed by atoms with E-state index in [2.05, 4.69) is 27.6 Å². The molecule has 106 valence electrons. The van der Waals surface area contributed by atoms with Crippen LogP contribution in [0.15, 0.2) is 6.33 Å². The van der Waals surface area contributed by atoms with E-state index in [0.717, 1.165) is 50.0 Å². The monoisotopic (exact) mass is 265 g/mol. The van der Waals surface area contributed by atoms with E-state index >= 15 is 0 Å². The van der Waals surface area contributed by atoms with Gasteiger partial charge in [0, 0.05) is 12.1 Å². The summed E-state index contributed by atoms with van der Waals surface area (Å²) in [6.07, 6.45) is 6.20. The number of hydrogen-bond donors (Lipinski definition) is 4. The van der Waals surface area contributed by atoms with Crippen molar-refractivity contribution in [1.29, 1.82) is 0 Å². The van der Waals surface area contributed by atoms with Crippen LogP contribution in [0.5, 0.6) is 0 Å². The van der Waals surface area contributed by atoms with Crippen LogP contribution in [0.1, 0.15) is 38.2 Å². The third kappa shape index (κ3) is 3.54. The Morgan fingerprint density at radius 2 is 1.95 bits per heavy atom. The minimum atomic E-state index is -0.102. The molecule has 5 N–H and O–H groups in total. The highest BCUT2D eigenvalue weighted by atomic mass is 16.3. The minimum Gasteiger partial charge on any atom is -0.393 e. The molecule has 0 bridgehead atoms. The first kappa shape index (κ1) is 14.0. The molecule has 0 amide bonds. The molecular formula is C13H23N5O. The lowest BCUT2D eigenvalue weighted by Gasteiger charge is -2.26. The molecule has 0 spiro atoms. The summed E-state index contributed by atoms with van der Waals surface area (Å²) < 4.78 is 0. The number of anilines is 2. The largest absolute Gasteiger partial charge is 0.393 e. The maximum atomic E-state index is 9.50. The van der Waals surface area contributed by atoms with Gasteiger partial charge in [0.05, 0.1) is 6.10 Å². The van der Waals surface area contributed by atoms with Crippen molar-refractivity contribution in [3.8, 4) is 0 Å². The Bertz CT molecular complexity index is 404. The van der Waals surface area contributed by atoms with Gasteiger partial charge in [-0.15, -0.1) is 0 Å². The molecule has 1 heterocycles. The highest BCUT2D eigenvalue weighted by Gasteiger charge is 2.19. The van der Waals surface area contributed by atoms with Gasteiger partial charge in [-0.25, -0.2) is 15.8 Å². The molecule has 0 aliphatic heterocycles. The number of aliphatic hydroxyl groups is 1. The quantitative estimate of drug-likeness (QED) is 0.473. The van der Waals surface area contributed by atoms with Gasteiger partial charge in [-0.2, -0.15) is 0 Å². The SMILES string of the molecule is CCc1c(NN)ncnc1NCC1CCC(O)CC1. The average Bonchev–Trinajstić information content (AvgIpc) is 2.46. The Kier molecular flexibility index (Phi) is 4.93. The molecule has 1 aliphatic rings. The van der Waals surface area contributed by atoms with E-state index in [-0.39, 0.29) is 6.10 Å². The molecule has 0 aromatic carbocycles. The molecule has 0 atom stereocenters. The molecule has 19 heavy (non-hydrogen) atoms. The highest BCUT2D eigenvalue weighted by Crippen LogP contribution is 2.25. The van der Waals surface area contributed by atoms with E-state index in [4.69, 9.17) is 5.84 Å². The third-order valence-corrected chi connectivity index (χ3v) is 3.81. The number of nitrogens with one attached hydrogen (secondary N) is 2. The number of hydrogen-bond acceptors (Lipinski definition) is 6. The number of hydrazine groups is 1. The Morgan fingerprint density at radius 1 is 1.26 bits per heavy atom. The van der Waals surface area contributed by atoms with Crippen molar-refractivity contribution in [2.24, 2.45) is 11.8 Å². The maximum absolute atomic E-state index is 9.50. The second-order valence-electron chi connectivity index (χ2n) is 5.10. The van der Waals surface area contributed by atoms with Crippen molar-refractivity contribution in [2.75, 3.05) is 17.3 Å². The third-order valence-electron chi connectivity index (χ3n) is 3.81. The number of rotatable bonds is 5. The van der Waals surface area contributed by atoms with E-state index in [1.54, 1.807) is 0 Å². The van der Waals surface area contributed by atoms with Gasteiger partial charge >= 0.3 is 0 Å². The van der Waals surface area contributed by atoms with Crippen molar-refractivity contribution >= 4 is 11.6 Å².